The molecule has 0 unspecified atom stereocenters. The van der Waals surface area contributed by atoms with Crippen molar-refractivity contribution >= 4 is 0 Å². The summed E-state index contributed by atoms with van der Waals surface area (Å²) >= 11 is 0. The minimum absolute atomic E-state index is 0.274. The van der Waals surface area contributed by atoms with Crippen molar-refractivity contribution in [3.8, 4) is 0 Å². The fourth-order valence-corrected chi connectivity index (χ4v) is 2.07. The summed E-state index contributed by atoms with van der Waals surface area (Å²) in [4.78, 5) is 0. The molecule has 0 radical (unpaired) electrons. The van der Waals surface area contributed by atoms with E-state index >= 15 is 0 Å². The van der Waals surface area contributed by atoms with Crippen LogP contribution in [0.3, 0.4) is 0 Å². The van der Waals surface area contributed by atoms with E-state index in [1.807, 2.05) is 30.3 Å². The lowest BCUT2D eigenvalue weighted by Crippen LogP contribution is -2.58. The van der Waals surface area contributed by atoms with Crippen LogP contribution in [0.25, 0.3) is 0 Å². The first-order chi connectivity index (χ1) is 8.72. The van der Waals surface area contributed by atoms with E-state index in [2.05, 4.69) is 5.32 Å². The number of hydrogen-bond acceptors (Lipinski definition) is 5. The number of hydrogen-bond donors (Lipinski definition) is 4. The predicted molar refractivity (Wildman–Crippen MR) is 65.9 cm³/mol. The minimum atomic E-state index is -1.06. The fourth-order valence-electron chi connectivity index (χ4n) is 2.07. The van der Waals surface area contributed by atoms with Crippen LogP contribution in [0.5, 0.6) is 0 Å². The Morgan fingerprint density at radius 2 is 1.89 bits per heavy atom. The van der Waals surface area contributed by atoms with E-state index in [0.29, 0.717) is 6.54 Å². The molecule has 1 aromatic rings. The van der Waals surface area contributed by atoms with Gasteiger partial charge in [-0.15, -0.1) is 0 Å². The SMILES string of the molecule is OC[C@@H]1OC[C@@H](NCc2ccccc2)[C@H](O)[C@@H]1O. The first-order valence-corrected chi connectivity index (χ1v) is 6.08. The van der Waals surface area contributed by atoms with E-state index in [4.69, 9.17) is 9.84 Å². The van der Waals surface area contributed by atoms with Crippen molar-refractivity contribution in [1.29, 1.82) is 0 Å². The molecule has 5 heteroatoms. The maximum absolute atomic E-state index is 9.91. The van der Waals surface area contributed by atoms with Crippen LogP contribution in [0.15, 0.2) is 30.3 Å². The van der Waals surface area contributed by atoms with Crippen LogP contribution in [-0.2, 0) is 11.3 Å². The Hall–Kier alpha value is -0.980. The molecule has 0 bridgehead atoms. The van der Waals surface area contributed by atoms with Crippen LogP contribution in [0, 0.1) is 0 Å². The van der Waals surface area contributed by atoms with Gasteiger partial charge in [0.2, 0.25) is 0 Å². The van der Waals surface area contributed by atoms with Crippen molar-refractivity contribution in [3.63, 3.8) is 0 Å². The van der Waals surface area contributed by atoms with Crippen LogP contribution < -0.4 is 5.32 Å². The highest BCUT2D eigenvalue weighted by Gasteiger charge is 2.37. The Kier molecular flexibility index (Phi) is 4.68. The van der Waals surface area contributed by atoms with E-state index in [1.165, 1.54) is 0 Å². The van der Waals surface area contributed by atoms with Gasteiger partial charge in [0.15, 0.2) is 0 Å². The highest BCUT2D eigenvalue weighted by molar-refractivity contribution is 5.14. The van der Waals surface area contributed by atoms with Crippen LogP contribution in [0.4, 0.5) is 0 Å². The monoisotopic (exact) mass is 253 g/mol. The molecule has 1 aromatic carbocycles. The third kappa shape index (κ3) is 3.07. The third-order valence-corrected chi connectivity index (χ3v) is 3.22. The fraction of sp³-hybridized carbons (Fsp3) is 0.538. The lowest BCUT2D eigenvalue weighted by molar-refractivity contribution is -0.161. The topological polar surface area (TPSA) is 82.0 Å². The van der Waals surface area contributed by atoms with Gasteiger partial charge in [-0.05, 0) is 5.56 Å². The smallest absolute Gasteiger partial charge is 0.110 e. The van der Waals surface area contributed by atoms with E-state index in [1.54, 1.807) is 0 Å². The Morgan fingerprint density at radius 3 is 2.56 bits per heavy atom. The van der Waals surface area contributed by atoms with Gasteiger partial charge in [0, 0.05) is 6.54 Å². The average Bonchev–Trinajstić information content (AvgIpc) is 2.42. The number of ether oxygens (including phenoxy) is 1. The lowest BCUT2D eigenvalue weighted by Gasteiger charge is -2.37. The van der Waals surface area contributed by atoms with E-state index in [0.717, 1.165) is 5.56 Å². The van der Waals surface area contributed by atoms with Gasteiger partial charge in [-0.3, -0.25) is 0 Å². The van der Waals surface area contributed by atoms with Gasteiger partial charge in [-0.1, -0.05) is 30.3 Å². The van der Waals surface area contributed by atoms with E-state index in [9.17, 15) is 10.2 Å². The number of rotatable bonds is 4. The molecule has 4 N–H and O–H groups in total. The van der Waals surface area contributed by atoms with Crippen molar-refractivity contribution in [3.05, 3.63) is 35.9 Å². The maximum atomic E-state index is 9.91. The summed E-state index contributed by atoms with van der Waals surface area (Å²) in [7, 11) is 0. The molecular formula is C13H19NO4. The predicted octanol–water partition coefficient (Wildman–Crippen LogP) is -0.742. The first-order valence-electron chi connectivity index (χ1n) is 6.08. The largest absolute Gasteiger partial charge is 0.394 e. The molecule has 1 aliphatic heterocycles. The molecular weight excluding hydrogens is 234 g/mol. The highest BCUT2D eigenvalue weighted by Crippen LogP contribution is 2.15. The second kappa shape index (κ2) is 6.26. The number of aliphatic hydroxyl groups excluding tert-OH is 3. The molecule has 2 rings (SSSR count). The van der Waals surface area contributed by atoms with Crippen molar-refractivity contribution in [2.24, 2.45) is 0 Å². The Balaban J connectivity index is 1.87. The van der Waals surface area contributed by atoms with Crippen LogP contribution in [0.1, 0.15) is 5.56 Å². The van der Waals surface area contributed by atoms with Crippen LogP contribution in [0.2, 0.25) is 0 Å². The average molecular weight is 253 g/mol. The molecule has 4 atom stereocenters. The molecule has 0 saturated carbocycles. The zero-order valence-electron chi connectivity index (χ0n) is 10.1. The summed E-state index contributed by atoms with van der Waals surface area (Å²) in [6.45, 7) is 0.586. The van der Waals surface area contributed by atoms with Gasteiger partial charge in [0.25, 0.3) is 0 Å². The normalized spacial score (nSPS) is 32.4. The summed E-state index contributed by atoms with van der Waals surface area (Å²) in [6, 6.07) is 9.47. The van der Waals surface area contributed by atoms with Crippen molar-refractivity contribution in [2.45, 2.75) is 30.9 Å². The molecule has 1 aliphatic rings. The van der Waals surface area contributed by atoms with Gasteiger partial charge in [-0.25, -0.2) is 0 Å². The standard InChI is InChI=1S/C13H19NO4/c15-7-11-13(17)12(16)10(8-18-11)14-6-9-4-2-1-3-5-9/h1-5,10-17H,6-8H2/t10-,11+,12+,13-/m1/s1. The molecule has 1 heterocycles. The van der Waals surface area contributed by atoms with Gasteiger partial charge in [0.05, 0.1) is 19.3 Å². The summed E-state index contributed by atoms with van der Waals surface area (Å²) in [5.74, 6) is 0. The van der Waals surface area contributed by atoms with Gasteiger partial charge in [-0.2, -0.15) is 0 Å². The maximum Gasteiger partial charge on any atom is 0.110 e. The van der Waals surface area contributed by atoms with Crippen molar-refractivity contribution in [1.82, 2.24) is 5.32 Å². The zero-order valence-corrected chi connectivity index (χ0v) is 10.1. The van der Waals surface area contributed by atoms with Gasteiger partial charge in [0.1, 0.15) is 18.3 Å². The first kappa shape index (κ1) is 13.5. The molecule has 0 spiro atoms. The Bertz CT molecular complexity index is 359. The van der Waals surface area contributed by atoms with Gasteiger partial charge >= 0.3 is 0 Å². The lowest BCUT2D eigenvalue weighted by atomic mass is 9.98. The minimum Gasteiger partial charge on any atom is -0.394 e. The molecule has 1 saturated heterocycles. The number of aliphatic hydroxyl groups is 3. The summed E-state index contributed by atoms with van der Waals surface area (Å²) in [5.41, 5.74) is 1.10. The Morgan fingerprint density at radius 1 is 1.17 bits per heavy atom. The van der Waals surface area contributed by atoms with E-state index in [-0.39, 0.29) is 19.3 Å². The van der Waals surface area contributed by atoms with Crippen LogP contribution >= 0.6 is 0 Å². The van der Waals surface area contributed by atoms with Crippen molar-refractivity contribution in [2.75, 3.05) is 13.2 Å². The summed E-state index contributed by atoms with van der Waals surface area (Å²) in [5, 5.41) is 31.7. The third-order valence-electron chi connectivity index (χ3n) is 3.22. The van der Waals surface area contributed by atoms with Crippen LogP contribution in [-0.4, -0.2) is 52.9 Å². The number of benzene rings is 1. The molecule has 18 heavy (non-hydrogen) atoms. The number of nitrogens with one attached hydrogen (secondary N) is 1. The van der Waals surface area contributed by atoms with Gasteiger partial charge < -0.3 is 25.4 Å². The molecule has 5 nitrogen and oxygen atoms in total. The summed E-state index contributed by atoms with van der Waals surface area (Å²) in [6.07, 6.45) is -2.69. The quantitative estimate of drug-likeness (QED) is 0.568. The second-order valence-electron chi connectivity index (χ2n) is 4.51. The molecule has 100 valence electrons. The molecule has 1 fully saturated rings. The van der Waals surface area contributed by atoms with E-state index < -0.39 is 18.3 Å². The molecule has 0 aromatic heterocycles. The zero-order chi connectivity index (χ0) is 13.0. The van der Waals surface area contributed by atoms with Crippen molar-refractivity contribution < 1.29 is 20.1 Å². The Labute approximate surface area is 106 Å². The molecule has 0 aliphatic carbocycles. The second-order valence-corrected chi connectivity index (χ2v) is 4.51. The highest BCUT2D eigenvalue weighted by atomic mass is 16.5. The molecule has 0 amide bonds. The summed E-state index contributed by atoms with van der Waals surface area (Å²) < 4.78 is 5.29.